The summed E-state index contributed by atoms with van der Waals surface area (Å²) < 4.78 is 0.638. The number of hydrogen-bond donors (Lipinski definition) is 1. The third-order valence-electron chi connectivity index (χ3n) is 2.33. The van der Waals surface area contributed by atoms with Gasteiger partial charge in [-0.05, 0) is 28.4 Å². The van der Waals surface area contributed by atoms with Crippen molar-refractivity contribution in [1.82, 2.24) is 9.97 Å². The number of aromatic nitrogens is 2. The van der Waals surface area contributed by atoms with Gasteiger partial charge in [-0.25, -0.2) is 9.97 Å². The van der Waals surface area contributed by atoms with E-state index in [0.29, 0.717) is 16.8 Å². The SMILES string of the molecule is Cc1cccc(CC(=O)Nc2cnc(Br)cn2)c1. The summed E-state index contributed by atoms with van der Waals surface area (Å²) in [6, 6.07) is 7.87. The van der Waals surface area contributed by atoms with E-state index in [1.54, 1.807) is 6.20 Å². The lowest BCUT2D eigenvalue weighted by atomic mass is 10.1. The Morgan fingerprint density at radius 3 is 2.83 bits per heavy atom. The van der Waals surface area contributed by atoms with Crippen LogP contribution < -0.4 is 5.32 Å². The minimum atomic E-state index is -0.0998. The van der Waals surface area contributed by atoms with E-state index in [1.165, 1.54) is 6.20 Å². The molecule has 18 heavy (non-hydrogen) atoms. The third-order valence-corrected chi connectivity index (χ3v) is 2.74. The van der Waals surface area contributed by atoms with Gasteiger partial charge in [-0.3, -0.25) is 4.79 Å². The second kappa shape index (κ2) is 5.73. The molecule has 1 heterocycles. The Morgan fingerprint density at radius 1 is 1.33 bits per heavy atom. The largest absolute Gasteiger partial charge is 0.309 e. The number of rotatable bonds is 3. The van der Waals surface area contributed by atoms with Crippen molar-refractivity contribution in [2.75, 3.05) is 5.32 Å². The number of nitrogens with one attached hydrogen (secondary N) is 1. The highest BCUT2D eigenvalue weighted by Gasteiger charge is 2.05. The Labute approximate surface area is 114 Å². The Hall–Kier alpha value is -1.75. The van der Waals surface area contributed by atoms with Gasteiger partial charge in [-0.15, -0.1) is 0 Å². The maximum absolute atomic E-state index is 11.8. The highest BCUT2D eigenvalue weighted by Crippen LogP contribution is 2.08. The average Bonchev–Trinajstić information content (AvgIpc) is 2.32. The van der Waals surface area contributed by atoms with Crippen LogP contribution in [0.2, 0.25) is 0 Å². The number of hydrogen-bond acceptors (Lipinski definition) is 3. The Balaban J connectivity index is 1.98. The first-order valence-corrected chi connectivity index (χ1v) is 6.26. The van der Waals surface area contributed by atoms with Gasteiger partial charge in [-0.1, -0.05) is 29.8 Å². The van der Waals surface area contributed by atoms with Gasteiger partial charge >= 0.3 is 0 Å². The van der Waals surface area contributed by atoms with Gasteiger partial charge in [0.25, 0.3) is 0 Å². The number of halogens is 1. The number of amides is 1. The molecule has 0 saturated carbocycles. The summed E-state index contributed by atoms with van der Waals surface area (Å²) in [7, 11) is 0. The molecule has 0 bridgehead atoms. The van der Waals surface area contributed by atoms with Gasteiger partial charge in [0.1, 0.15) is 4.60 Å². The maximum Gasteiger partial charge on any atom is 0.229 e. The van der Waals surface area contributed by atoms with Crippen LogP contribution in [0.15, 0.2) is 41.3 Å². The quantitative estimate of drug-likeness (QED) is 0.948. The van der Waals surface area contributed by atoms with Crippen LogP contribution in [0.3, 0.4) is 0 Å². The van der Waals surface area contributed by atoms with E-state index in [2.05, 4.69) is 31.2 Å². The van der Waals surface area contributed by atoms with Gasteiger partial charge in [0, 0.05) is 0 Å². The fourth-order valence-electron chi connectivity index (χ4n) is 1.57. The van der Waals surface area contributed by atoms with Crippen molar-refractivity contribution in [3.8, 4) is 0 Å². The fraction of sp³-hybridized carbons (Fsp3) is 0.154. The normalized spacial score (nSPS) is 10.1. The predicted octanol–water partition coefficient (Wildman–Crippen LogP) is 2.73. The zero-order valence-electron chi connectivity index (χ0n) is 9.85. The summed E-state index contributed by atoms with van der Waals surface area (Å²) in [6.07, 6.45) is 3.39. The Bertz CT molecular complexity index is 554. The molecular weight excluding hydrogens is 294 g/mol. The van der Waals surface area contributed by atoms with Crippen LogP contribution in [0.1, 0.15) is 11.1 Å². The van der Waals surface area contributed by atoms with Crippen molar-refractivity contribution < 1.29 is 4.79 Å². The molecule has 0 aliphatic carbocycles. The van der Waals surface area contributed by atoms with E-state index in [-0.39, 0.29) is 5.91 Å². The van der Waals surface area contributed by atoms with E-state index in [4.69, 9.17) is 0 Å². The molecule has 0 radical (unpaired) electrons. The van der Waals surface area contributed by atoms with Gasteiger partial charge in [-0.2, -0.15) is 0 Å². The van der Waals surface area contributed by atoms with Crippen LogP contribution >= 0.6 is 15.9 Å². The fourth-order valence-corrected chi connectivity index (χ4v) is 1.78. The lowest BCUT2D eigenvalue weighted by Crippen LogP contribution is -2.15. The van der Waals surface area contributed by atoms with E-state index in [1.807, 2.05) is 31.2 Å². The molecule has 1 aromatic carbocycles. The molecule has 0 aliphatic heterocycles. The second-order valence-electron chi connectivity index (χ2n) is 3.94. The molecule has 92 valence electrons. The maximum atomic E-state index is 11.8. The van der Waals surface area contributed by atoms with Crippen LogP contribution in [-0.4, -0.2) is 15.9 Å². The van der Waals surface area contributed by atoms with Crippen LogP contribution in [0, 0.1) is 6.92 Å². The molecule has 0 aliphatic rings. The summed E-state index contributed by atoms with van der Waals surface area (Å²) in [6.45, 7) is 2.00. The number of aryl methyl sites for hydroxylation is 1. The first-order valence-electron chi connectivity index (χ1n) is 5.46. The molecule has 0 atom stereocenters. The zero-order valence-corrected chi connectivity index (χ0v) is 11.4. The Morgan fingerprint density at radius 2 is 2.17 bits per heavy atom. The van der Waals surface area contributed by atoms with Crippen LogP contribution in [0.4, 0.5) is 5.82 Å². The van der Waals surface area contributed by atoms with E-state index >= 15 is 0 Å². The molecule has 0 unspecified atom stereocenters. The predicted molar refractivity (Wildman–Crippen MR) is 73.2 cm³/mol. The topological polar surface area (TPSA) is 54.9 Å². The van der Waals surface area contributed by atoms with E-state index < -0.39 is 0 Å². The molecular formula is C13H12BrN3O. The summed E-state index contributed by atoms with van der Waals surface area (Å²) in [5.41, 5.74) is 2.13. The van der Waals surface area contributed by atoms with Crippen molar-refractivity contribution in [1.29, 1.82) is 0 Å². The summed E-state index contributed by atoms with van der Waals surface area (Å²) in [4.78, 5) is 19.8. The standard InChI is InChI=1S/C13H12BrN3O/c1-9-3-2-4-10(5-9)6-13(18)17-12-8-15-11(14)7-16-12/h2-5,7-8H,6H2,1H3,(H,16,17,18). The molecule has 1 N–H and O–H groups in total. The van der Waals surface area contributed by atoms with Crippen LogP contribution in [0.5, 0.6) is 0 Å². The molecule has 1 amide bonds. The highest BCUT2D eigenvalue weighted by atomic mass is 79.9. The average molecular weight is 306 g/mol. The summed E-state index contributed by atoms with van der Waals surface area (Å²) in [5, 5.41) is 2.70. The van der Waals surface area contributed by atoms with Crippen molar-refractivity contribution in [3.05, 3.63) is 52.4 Å². The van der Waals surface area contributed by atoms with E-state index in [0.717, 1.165) is 11.1 Å². The van der Waals surface area contributed by atoms with Crippen LogP contribution in [-0.2, 0) is 11.2 Å². The first-order chi connectivity index (χ1) is 8.63. The van der Waals surface area contributed by atoms with Gasteiger partial charge in [0.05, 0.1) is 18.8 Å². The number of benzene rings is 1. The molecule has 0 spiro atoms. The van der Waals surface area contributed by atoms with Gasteiger partial charge in [0.2, 0.25) is 5.91 Å². The second-order valence-corrected chi connectivity index (χ2v) is 4.75. The lowest BCUT2D eigenvalue weighted by molar-refractivity contribution is -0.115. The molecule has 4 nitrogen and oxygen atoms in total. The van der Waals surface area contributed by atoms with Crippen molar-refractivity contribution >= 4 is 27.7 Å². The number of anilines is 1. The number of carbonyl (C=O) groups is 1. The lowest BCUT2D eigenvalue weighted by Gasteiger charge is -2.04. The van der Waals surface area contributed by atoms with E-state index in [9.17, 15) is 4.79 Å². The minimum Gasteiger partial charge on any atom is -0.309 e. The highest BCUT2D eigenvalue weighted by molar-refractivity contribution is 9.10. The van der Waals surface area contributed by atoms with Crippen molar-refractivity contribution in [2.45, 2.75) is 13.3 Å². The van der Waals surface area contributed by atoms with Crippen LogP contribution in [0.25, 0.3) is 0 Å². The zero-order chi connectivity index (χ0) is 13.0. The molecule has 0 saturated heterocycles. The number of carbonyl (C=O) groups excluding carboxylic acids is 1. The molecule has 5 heteroatoms. The summed E-state index contributed by atoms with van der Waals surface area (Å²) in [5.74, 6) is 0.355. The summed E-state index contributed by atoms with van der Waals surface area (Å²) >= 11 is 3.19. The monoisotopic (exact) mass is 305 g/mol. The van der Waals surface area contributed by atoms with Gasteiger partial charge in [0.15, 0.2) is 5.82 Å². The Kier molecular flexibility index (Phi) is 4.04. The van der Waals surface area contributed by atoms with Crippen molar-refractivity contribution in [2.24, 2.45) is 0 Å². The third kappa shape index (κ3) is 3.63. The first kappa shape index (κ1) is 12.7. The smallest absolute Gasteiger partial charge is 0.229 e. The minimum absolute atomic E-state index is 0.0998. The molecule has 2 aromatic rings. The molecule has 0 fully saturated rings. The van der Waals surface area contributed by atoms with Gasteiger partial charge < -0.3 is 5.32 Å². The molecule has 1 aromatic heterocycles. The molecule has 2 rings (SSSR count). The number of nitrogens with zero attached hydrogens (tertiary/aromatic N) is 2. The van der Waals surface area contributed by atoms with Crippen molar-refractivity contribution in [3.63, 3.8) is 0 Å².